The maximum atomic E-state index is 9.30. The van der Waals surface area contributed by atoms with Gasteiger partial charge in [-0.1, -0.05) is 6.07 Å². The summed E-state index contributed by atoms with van der Waals surface area (Å²) >= 11 is 0. The summed E-state index contributed by atoms with van der Waals surface area (Å²) < 4.78 is 6.18. The molecule has 0 atom stereocenters. The Morgan fingerprint density at radius 1 is 1.13 bits per heavy atom. The van der Waals surface area contributed by atoms with Crippen LogP contribution in [0.4, 0.5) is 5.82 Å². The van der Waals surface area contributed by atoms with Gasteiger partial charge in [0.1, 0.15) is 23.3 Å². The van der Waals surface area contributed by atoms with E-state index in [1.807, 2.05) is 43.5 Å². The summed E-state index contributed by atoms with van der Waals surface area (Å²) in [5, 5.41) is 9.30. The van der Waals surface area contributed by atoms with Crippen LogP contribution in [-0.4, -0.2) is 34.6 Å². The number of hydrogen-bond acceptors (Lipinski definition) is 7. The van der Waals surface area contributed by atoms with Crippen molar-refractivity contribution < 1.29 is 4.74 Å². The van der Waals surface area contributed by atoms with Crippen molar-refractivity contribution in [1.82, 2.24) is 15.0 Å². The van der Waals surface area contributed by atoms with Crippen LogP contribution in [0.1, 0.15) is 29.8 Å². The fourth-order valence-electron chi connectivity index (χ4n) is 3.57. The number of nitriles is 1. The fraction of sp³-hybridized carbons (Fsp3) is 0.304. The van der Waals surface area contributed by atoms with Gasteiger partial charge in [-0.2, -0.15) is 5.26 Å². The van der Waals surface area contributed by atoms with E-state index in [9.17, 15) is 5.26 Å². The highest BCUT2D eigenvalue weighted by molar-refractivity contribution is 5.66. The molecule has 0 spiro atoms. The van der Waals surface area contributed by atoms with Crippen LogP contribution in [0, 0.1) is 18.3 Å². The van der Waals surface area contributed by atoms with Gasteiger partial charge in [-0.15, -0.1) is 0 Å². The lowest BCUT2D eigenvalue weighted by atomic mass is 10.1. The summed E-state index contributed by atoms with van der Waals surface area (Å²) in [5.41, 5.74) is 9.32. The topological polar surface area (TPSA) is 101 Å². The van der Waals surface area contributed by atoms with Gasteiger partial charge in [0.25, 0.3) is 0 Å². The number of hydrogen-bond donors (Lipinski definition) is 1. The number of nitrogens with two attached hydrogens (primary N) is 1. The molecule has 7 nitrogen and oxygen atoms in total. The van der Waals surface area contributed by atoms with Gasteiger partial charge in [-0.25, -0.2) is 9.97 Å². The number of ether oxygens (including phenoxy) is 1. The van der Waals surface area contributed by atoms with Crippen LogP contribution < -0.4 is 15.4 Å². The minimum Gasteiger partial charge on any atom is -0.438 e. The average molecular weight is 400 g/mol. The second-order valence-electron chi connectivity index (χ2n) is 7.35. The number of aryl methyl sites for hydroxylation is 1. The molecule has 4 heterocycles. The molecule has 0 amide bonds. The summed E-state index contributed by atoms with van der Waals surface area (Å²) in [4.78, 5) is 15.9. The standard InChI is InChI=1S/C23H24N6O/c1-16-12-19(13-22(27-16)29-10-2-3-11-29)30-23-20(6-5-18(14-25)28-23)21-7-4-17(8-9-24)15-26-21/h4-7,12-13,15H,2-3,8-11,24H2,1H3. The average Bonchev–Trinajstić information content (AvgIpc) is 3.29. The van der Waals surface area contributed by atoms with Crippen LogP contribution in [0.3, 0.4) is 0 Å². The predicted octanol–water partition coefficient (Wildman–Crippen LogP) is 3.61. The Balaban J connectivity index is 1.69. The molecule has 3 aromatic heterocycles. The molecule has 0 unspecified atom stereocenters. The third-order valence-corrected chi connectivity index (χ3v) is 5.07. The number of anilines is 1. The van der Waals surface area contributed by atoms with Crippen LogP contribution in [0.5, 0.6) is 11.6 Å². The van der Waals surface area contributed by atoms with E-state index in [0.29, 0.717) is 23.9 Å². The van der Waals surface area contributed by atoms with Gasteiger partial charge >= 0.3 is 0 Å². The van der Waals surface area contributed by atoms with E-state index in [-0.39, 0.29) is 0 Å². The molecule has 2 N–H and O–H groups in total. The van der Waals surface area contributed by atoms with E-state index >= 15 is 0 Å². The lowest BCUT2D eigenvalue weighted by Gasteiger charge is -2.18. The molecule has 7 heteroatoms. The van der Waals surface area contributed by atoms with Crippen molar-refractivity contribution >= 4 is 5.82 Å². The maximum Gasteiger partial charge on any atom is 0.229 e. The lowest BCUT2D eigenvalue weighted by molar-refractivity contribution is 0.463. The molecule has 30 heavy (non-hydrogen) atoms. The number of aromatic nitrogens is 3. The first kappa shape index (κ1) is 19.8. The zero-order valence-electron chi connectivity index (χ0n) is 17.0. The Bertz CT molecular complexity index is 1070. The summed E-state index contributed by atoms with van der Waals surface area (Å²) in [5.74, 6) is 1.91. The van der Waals surface area contributed by atoms with Gasteiger partial charge < -0.3 is 15.4 Å². The van der Waals surface area contributed by atoms with E-state index < -0.39 is 0 Å². The molecule has 0 aliphatic carbocycles. The molecule has 1 aliphatic rings. The number of nitrogens with zero attached hydrogens (tertiary/aromatic N) is 5. The van der Waals surface area contributed by atoms with Crippen LogP contribution in [0.15, 0.2) is 42.6 Å². The summed E-state index contributed by atoms with van der Waals surface area (Å²) in [6.45, 7) is 4.53. The van der Waals surface area contributed by atoms with Crippen LogP contribution in [0.2, 0.25) is 0 Å². The van der Waals surface area contributed by atoms with Gasteiger partial charge in [-0.05, 0) is 56.5 Å². The molecule has 3 aromatic rings. The maximum absolute atomic E-state index is 9.30. The van der Waals surface area contributed by atoms with Crippen molar-refractivity contribution in [3.63, 3.8) is 0 Å². The minimum atomic E-state index is 0.291. The van der Waals surface area contributed by atoms with Crippen molar-refractivity contribution in [2.75, 3.05) is 24.5 Å². The van der Waals surface area contributed by atoms with Crippen molar-refractivity contribution in [2.24, 2.45) is 5.73 Å². The molecule has 0 saturated carbocycles. The van der Waals surface area contributed by atoms with Gasteiger partial charge in [0.2, 0.25) is 5.88 Å². The minimum absolute atomic E-state index is 0.291. The van der Waals surface area contributed by atoms with Crippen molar-refractivity contribution in [2.45, 2.75) is 26.2 Å². The van der Waals surface area contributed by atoms with Crippen LogP contribution in [-0.2, 0) is 6.42 Å². The van der Waals surface area contributed by atoms with Gasteiger partial charge in [0, 0.05) is 37.1 Å². The molecule has 0 radical (unpaired) electrons. The first-order chi connectivity index (χ1) is 14.7. The molecule has 152 valence electrons. The van der Waals surface area contributed by atoms with E-state index in [1.54, 1.807) is 6.07 Å². The van der Waals surface area contributed by atoms with Crippen molar-refractivity contribution in [3.05, 3.63) is 59.5 Å². The Hall–Kier alpha value is -3.50. The molecule has 1 aliphatic heterocycles. The summed E-state index contributed by atoms with van der Waals surface area (Å²) in [6.07, 6.45) is 4.94. The molecule has 1 saturated heterocycles. The lowest BCUT2D eigenvalue weighted by Crippen LogP contribution is -2.19. The smallest absolute Gasteiger partial charge is 0.229 e. The molecule has 0 aromatic carbocycles. The Morgan fingerprint density at radius 2 is 1.97 bits per heavy atom. The van der Waals surface area contributed by atoms with E-state index in [1.165, 1.54) is 12.8 Å². The fourth-order valence-corrected chi connectivity index (χ4v) is 3.57. The first-order valence-electron chi connectivity index (χ1n) is 10.1. The van der Waals surface area contributed by atoms with E-state index in [0.717, 1.165) is 47.8 Å². The molecule has 4 rings (SSSR count). The van der Waals surface area contributed by atoms with Gasteiger partial charge in [0.05, 0.1) is 11.3 Å². The van der Waals surface area contributed by atoms with E-state index in [2.05, 4.69) is 25.9 Å². The second-order valence-corrected chi connectivity index (χ2v) is 7.35. The SMILES string of the molecule is Cc1cc(Oc2nc(C#N)ccc2-c2ccc(CCN)cn2)cc(N2CCCC2)n1. The largest absolute Gasteiger partial charge is 0.438 e. The summed E-state index contributed by atoms with van der Waals surface area (Å²) in [7, 11) is 0. The Labute approximate surface area is 176 Å². The van der Waals surface area contributed by atoms with E-state index in [4.69, 9.17) is 10.5 Å². The van der Waals surface area contributed by atoms with Crippen molar-refractivity contribution in [1.29, 1.82) is 5.26 Å². The molecular formula is C23H24N6O. The first-order valence-corrected chi connectivity index (χ1v) is 10.1. The van der Waals surface area contributed by atoms with Gasteiger partial charge in [-0.3, -0.25) is 4.98 Å². The Kier molecular flexibility index (Phi) is 5.87. The highest BCUT2D eigenvalue weighted by atomic mass is 16.5. The third kappa shape index (κ3) is 4.39. The highest BCUT2D eigenvalue weighted by Crippen LogP contribution is 2.33. The summed E-state index contributed by atoms with van der Waals surface area (Å²) in [6, 6.07) is 13.3. The quantitative estimate of drug-likeness (QED) is 0.674. The van der Waals surface area contributed by atoms with Crippen molar-refractivity contribution in [3.8, 4) is 29.0 Å². The molecule has 0 bridgehead atoms. The monoisotopic (exact) mass is 400 g/mol. The van der Waals surface area contributed by atoms with Gasteiger partial charge in [0.15, 0.2) is 0 Å². The normalized spacial score (nSPS) is 13.3. The second kappa shape index (κ2) is 8.89. The van der Waals surface area contributed by atoms with Crippen LogP contribution in [0.25, 0.3) is 11.3 Å². The zero-order valence-corrected chi connectivity index (χ0v) is 17.0. The van der Waals surface area contributed by atoms with Crippen LogP contribution >= 0.6 is 0 Å². The molecular weight excluding hydrogens is 376 g/mol. The Morgan fingerprint density at radius 3 is 2.67 bits per heavy atom. The number of rotatable bonds is 6. The number of pyridine rings is 3. The third-order valence-electron chi connectivity index (χ3n) is 5.07. The highest BCUT2D eigenvalue weighted by Gasteiger charge is 2.17. The molecule has 1 fully saturated rings. The zero-order chi connectivity index (χ0) is 20.9. The predicted molar refractivity (Wildman–Crippen MR) is 115 cm³/mol.